The number of carbonyl (C=O) groups excluding carboxylic acids is 1. The summed E-state index contributed by atoms with van der Waals surface area (Å²) < 4.78 is 1.89. The van der Waals surface area contributed by atoms with Gasteiger partial charge in [-0.1, -0.05) is 0 Å². The second kappa shape index (κ2) is 8.28. The fourth-order valence-corrected chi connectivity index (χ4v) is 1.92. The SMILES string of the molecule is Cc1cc[n+](CCC(=O)Nc2ccc(O)c(C(=O)O)c2)cc1.[Br-]. The van der Waals surface area contributed by atoms with Crippen LogP contribution in [0.5, 0.6) is 5.75 Å². The van der Waals surface area contributed by atoms with Gasteiger partial charge in [0.15, 0.2) is 18.9 Å². The van der Waals surface area contributed by atoms with Crippen LogP contribution in [-0.2, 0) is 11.3 Å². The molecule has 2 rings (SSSR count). The summed E-state index contributed by atoms with van der Waals surface area (Å²) in [6.45, 7) is 2.51. The molecule has 0 atom stereocenters. The van der Waals surface area contributed by atoms with Crippen molar-refractivity contribution in [2.24, 2.45) is 0 Å². The van der Waals surface area contributed by atoms with Crippen molar-refractivity contribution in [3.8, 4) is 5.75 Å². The van der Waals surface area contributed by atoms with Gasteiger partial charge in [0.2, 0.25) is 5.91 Å². The van der Waals surface area contributed by atoms with Crippen molar-refractivity contribution in [2.45, 2.75) is 19.9 Å². The van der Waals surface area contributed by atoms with Gasteiger partial charge in [0.1, 0.15) is 11.3 Å². The summed E-state index contributed by atoms with van der Waals surface area (Å²) in [5, 5.41) is 21.0. The predicted molar refractivity (Wildman–Crippen MR) is 79.7 cm³/mol. The lowest BCUT2D eigenvalue weighted by Gasteiger charge is -2.06. The highest BCUT2D eigenvalue weighted by Crippen LogP contribution is 2.21. The van der Waals surface area contributed by atoms with Crippen LogP contribution < -0.4 is 26.9 Å². The van der Waals surface area contributed by atoms with Crippen LogP contribution in [0.3, 0.4) is 0 Å². The van der Waals surface area contributed by atoms with Crippen LogP contribution in [0.1, 0.15) is 22.3 Å². The van der Waals surface area contributed by atoms with Crippen LogP contribution in [0, 0.1) is 6.92 Å². The van der Waals surface area contributed by atoms with Gasteiger partial charge >= 0.3 is 5.97 Å². The predicted octanol–water partition coefficient (Wildman–Crippen LogP) is -1.28. The molecule has 0 aliphatic carbocycles. The number of amides is 1. The molecule has 0 saturated heterocycles. The molecule has 2 aromatic rings. The van der Waals surface area contributed by atoms with Crippen molar-refractivity contribution in [3.63, 3.8) is 0 Å². The first-order valence-electron chi connectivity index (χ1n) is 6.77. The van der Waals surface area contributed by atoms with Crippen molar-refractivity contribution in [3.05, 3.63) is 53.9 Å². The second-order valence-electron chi connectivity index (χ2n) is 4.95. The number of halogens is 1. The number of pyridine rings is 1. The summed E-state index contributed by atoms with van der Waals surface area (Å²) in [6, 6.07) is 7.84. The molecule has 3 N–H and O–H groups in total. The third-order valence-corrected chi connectivity index (χ3v) is 3.17. The van der Waals surface area contributed by atoms with Gasteiger partial charge in [0, 0.05) is 17.8 Å². The van der Waals surface area contributed by atoms with Gasteiger partial charge in [-0.2, -0.15) is 0 Å². The maximum absolute atomic E-state index is 11.9. The van der Waals surface area contributed by atoms with Crippen LogP contribution >= 0.6 is 0 Å². The summed E-state index contributed by atoms with van der Waals surface area (Å²) in [7, 11) is 0. The smallest absolute Gasteiger partial charge is 0.339 e. The number of nitrogens with zero attached hydrogens (tertiary/aromatic N) is 1. The third kappa shape index (κ3) is 5.37. The van der Waals surface area contributed by atoms with E-state index >= 15 is 0 Å². The van der Waals surface area contributed by atoms with Gasteiger partial charge in [0.25, 0.3) is 0 Å². The maximum atomic E-state index is 11.9. The average molecular weight is 381 g/mol. The highest BCUT2D eigenvalue weighted by molar-refractivity contribution is 5.95. The number of aromatic carboxylic acids is 1. The number of nitrogens with one attached hydrogen (secondary N) is 1. The molecule has 1 aromatic carbocycles. The summed E-state index contributed by atoms with van der Waals surface area (Å²) in [6.07, 6.45) is 4.05. The monoisotopic (exact) mass is 380 g/mol. The zero-order chi connectivity index (χ0) is 16.1. The van der Waals surface area contributed by atoms with Crippen molar-refractivity contribution < 1.29 is 41.4 Å². The molecule has 0 aliphatic rings. The minimum Gasteiger partial charge on any atom is -1.00 e. The zero-order valence-corrected chi connectivity index (χ0v) is 14.1. The Bertz CT molecular complexity index is 702. The zero-order valence-electron chi connectivity index (χ0n) is 12.5. The van der Waals surface area contributed by atoms with Crippen molar-refractivity contribution in [1.82, 2.24) is 0 Å². The molecule has 0 unspecified atom stereocenters. The summed E-state index contributed by atoms with van der Waals surface area (Å²) in [5.41, 5.74) is 1.24. The summed E-state index contributed by atoms with van der Waals surface area (Å²) in [5.74, 6) is -1.81. The Morgan fingerprint density at radius 2 is 1.83 bits per heavy atom. The van der Waals surface area contributed by atoms with Crippen LogP contribution in [-0.4, -0.2) is 22.1 Å². The Balaban J connectivity index is 0.00000264. The molecule has 0 saturated carbocycles. The number of rotatable bonds is 5. The van der Waals surface area contributed by atoms with Gasteiger partial charge in [-0.05, 0) is 30.7 Å². The third-order valence-electron chi connectivity index (χ3n) is 3.17. The topological polar surface area (TPSA) is 90.5 Å². The highest BCUT2D eigenvalue weighted by atomic mass is 79.9. The van der Waals surface area contributed by atoms with Crippen LogP contribution in [0.25, 0.3) is 0 Å². The van der Waals surface area contributed by atoms with E-state index in [2.05, 4.69) is 5.32 Å². The molecule has 0 bridgehead atoms. The standard InChI is InChI=1S/C16H16N2O4.BrH/c1-11-4-7-18(8-5-11)9-6-15(20)17-12-2-3-14(19)13(10-12)16(21)22;/h2-5,7-8,10H,6,9H2,1H3,(H2-,17,19,20,21,22);1H. The largest absolute Gasteiger partial charge is 1.00 e. The number of aromatic hydroxyl groups is 1. The number of carboxylic acids is 1. The summed E-state index contributed by atoms with van der Waals surface area (Å²) in [4.78, 5) is 22.8. The molecule has 1 aromatic heterocycles. The number of phenols is 1. The minimum atomic E-state index is -1.25. The Kier molecular flexibility index (Phi) is 6.71. The summed E-state index contributed by atoms with van der Waals surface area (Å²) >= 11 is 0. The molecular weight excluding hydrogens is 364 g/mol. The molecule has 0 spiro atoms. The molecule has 7 heteroatoms. The Morgan fingerprint density at radius 3 is 2.43 bits per heavy atom. The van der Waals surface area contributed by atoms with Crippen LogP contribution in [0.2, 0.25) is 0 Å². The Hall–Kier alpha value is -2.41. The molecular formula is C16H17BrN2O4. The fraction of sp³-hybridized carbons (Fsp3) is 0.188. The molecule has 0 aliphatic heterocycles. The first kappa shape index (κ1) is 18.6. The second-order valence-corrected chi connectivity index (χ2v) is 4.95. The van der Waals surface area contributed by atoms with Crippen molar-refractivity contribution >= 4 is 17.6 Å². The van der Waals surface area contributed by atoms with E-state index < -0.39 is 5.97 Å². The highest BCUT2D eigenvalue weighted by Gasteiger charge is 2.12. The number of aromatic nitrogens is 1. The van der Waals surface area contributed by atoms with Gasteiger partial charge in [0.05, 0.1) is 6.42 Å². The fourth-order valence-electron chi connectivity index (χ4n) is 1.92. The molecule has 0 radical (unpaired) electrons. The van der Waals surface area contributed by atoms with Gasteiger partial charge < -0.3 is 32.5 Å². The van der Waals surface area contributed by atoms with E-state index in [-0.39, 0.29) is 40.6 Å². The first-order valence-corrected chi connectivity index (χ1v) is 6.77. The Morgan fingerprint density at radius 1 is 1.17 bits per heavy atom. The number of carboxylic acid groups (broad SMARTS) is 1. The van der Waals surface area contributed by atoms with E-state index in [9.17, 15) is 14.7 Å². The van der Waals surface area contributed by atoms with E-state index in [1.165, 1.54) is 18.2 Å². The molecule has 6 nitrogen and oxygen atoms in total. The normalized spacial score (nSPS) is 9.78. The molecule has 23 heavy (non-hydrogen) atoms. The number of benzene rings is 1. The van der Waals surface area contributed by atoms with Crippen LogP contribution in [0.4, 0.5) is 5.69 Å². The average Bonchev–Trinajstić information content (AvgIpc) is 2.48. The molecule has 0 fully saturated rings. The number of hydrogen-bond donors (Lipinski definition) is 3. The minimum absolute atomic E-state index is 0. The number of aryl methyl sites for hydroxylation is 2. The number of carbonyl (C=O) groups is 2. The first-order chi connectivity index (χ1) is 10.5. The van der Waals surface area contributed by atoms with E-state index in [1.807, 2.05) is 36.0 Å². The molecule has 122 valence electrons. The van der Waals surface area contributed by atoms with Gasteiger partial charge in [-0.15, -0.1) is 0 Å². The number of anilines is 1. The van der Waals surface area contributed by atoms with Gasteiger partial charge in [-0.25, -0.2) is 9.36 Å². The lowest BCUT2D eigenvalue weighted by molar-refractivity contribution is -0.695. The van der Waals surface area contributed by atoms with Crippen molar-refractivity contribution in [2.75, 3.05) is 5.32 Å². The maximum Gasteiger partial charge on any atom is 0.339 e. The lowest BCUT2D eigenvalue weighted by Crippen LogP contribution is -3.00. The lowest BCUT2D eigenvalue weighted by atomic mass is 10.1. The van der Waals surface area contributed by atoms with Crippen molar-refractivity contribution in [1.29, 1.82) is 0 Å². The van der Waals surface area contributed by atoms with E-state index in [1.54, 1.807) is 0 Å². The quantitative estimate of drug-likeness (QED) is 0.445. The number of hydrogen-bond acceptors (Lipinski definition) is 3. The van der Waals surface area contributed by atoms with E-state index in [0.29, 0.717) is 12.2 Å². The molecule has 1 amide bonds. The Labute approximate surface area is 144 Å². The van der Waals surface area contributed by atoms with E-state index in [0.717, 1.165) is 5.56 Å². The molecule has 1 heterocycles. The van der Waals surface area contributed by atoms with Gasteiger partial charge in [-0.3, -0.25) is 4.79 Å². The van der Waals surface area contributed by atoms with E-state index in [4.69, 9.17) is 5.11 Å². The van der Waals surface area contributed by atoms with Crippen LogP contribution in [0.15, 0.2) is 42.7 Å².